The molecule has 7 nitrogen and oxygen atoms in total. The van der Waals surface area contributed by atoms with E-state index >= 15 is 0 Å². The van der Waals surface area contributed by atoms with Crippen molar-refractivity contribution in [3.63, 3.8) is 0 Å². The average Bonchev–Trinajstić information content (AvgIpc) is 3.35. The summed E-state index contributed by atoms with van der Waals surface area (Å²) in [4.78, 5) is 31.4. The van der Waals surface area contributed by atoms with Gasteiger partial charge in [0.25, 0.3) is 5.91 Å². The lowest BCUT2D eigenvalue weighted by atomic mass is 9.97. The van der Waals surface area contributed by atoms with Crippen LogP contribution in [-0.2, 0) is 0 Å². The molecule has 0 atom stereocenters. The van der Waals surface area contributed by atoms with Crippen LogP contribution in [0.5, 0.6) is 5.75 Å². The molecule has 3 amide bonds. The first kappa shape index (κ1) is 26.0. The number of likely N-dealkylation sites (tertiary alicyclic amines) is 1. The fourth-order valence-electron chi connectivity index (χ4n) is 4.45. The first-order chi connectivity index (χ1) is 17.3. The second kappa shape index (κ2) is 11.8. The summed E-state index contributed by atoms with van der Waals surface area (Å²) in [5.74, 6) is -0.774. The quantitative estimate of drug-likeness (QED) is 0.432. The number of amides is 3. The van der Waals surface area contributed by atoms with Gasteiger partial charge in [0.2, 0.25) is 0 Å². The Morgan fingerprint density at radius 1 is 1.19 bits per heavy atom. The molecule has 0 unspecified atom stereocenters. The van der Waals surface area contributed by atoms with E-state index in [1.165, 1.54) is 41.9 Å². The highest BCUT2D eigenvalue weighted by Crippen LogP contribution is 2.31. The van der Waals surface area contributed by atoms with Gasteiger partial charge >= 0.3 is 12.4 Å². The number of hydrogen-bond acceptors (Lipinski definition) is 5. The molecule has 1 aliphatic heterocycles. The van der Waals surface area contributed by atoms with Gasteiger partial charge in [-0.3, -0.25) is 4.79 Å². The van der Waals surface area contributed by atoms with E-state index in [2.05, 4.69) is 26.4 Å². The molecule has 36 heavy (non-hydrogen) atoms. The Labute approximate surface area is 211 Å². The zero-order valence-corrected chi connectivity index (χ0v) is 20.6. The van der Waals surface area contributed by atoms with Crippen molar-refractivity contribution in [3.05, 3.63) is 52.0 Å². The molecule has 0 saturated carbocycles. The molecule has 1 aliphatic carbocycles. The van der Waals surface area contributed by atoms with Gasteiger partial charge in [-0.2, -0.15) is 0 Å². The summed E-state index contributed by atoms with van der Waals surface area (Å²) < 4.78 is 41.2. The van der Waals surface area contributed by atoms with E-state index in [0.29, 0.717) is 19.6 Å². The van der Waals surface area contributed by atoms with Crippen LogP contribution >= 0.6 is 11.3 Å². The summed E-state index contributed by atoms with van der Waals surface area (Å²) in [6.45, 7) is 1.89. The van der Waals surface area contributed by atoms with Crippen molar-refractivity contribution in [3.8, 4) is 5.75 Å². The minimum absolute atomic E-state index is 0.0409. The molecule has 2 N–H and O–H groups in total. The smallest absolute Gasteiger partial charge is 0.406 e. The zero-order valence-electron chi connectivity index (χ0n) is 19.8. The molecule has 11 heteroatoms. The Bertz CT molecular complexity index is 1090. The van der Waals surface area contributed by atoms with Crippen LogP contribution in [0.3, 0.4) is 0 Å². The summed E-state index contributed by atoms with van der Waals surface area (Å²) in [5, 5.41) is 8.04. The number of nitrogens with zero attached hydrogens (tertiary/aromatic N) is 2. The summed E-state index contributed by atoms with van der Waals surface area (Å²) in [5.41, 5.74) is 1.82. The lowest BCUT2D eigenvalue weighted by molar-refractivity contribution is -0.274. The van der Waals surface area contributed by atoms with Gasteiger partial charge < -0.3 is 20.3 Å². The van der Waals surface area contributed by atoms with Crippen LogP contribution in [0.4, 0.5) is 23.7 Å². The van der Waals surface area contributed by atoms with Gasteiger partial charge in [-0.1, -0.05) is 17.7 Å². The monoisotopic (exact) mass is 522 g/mol. The number of carbonyl (C=O) groups is 2. The highest BCUT2D eigenvalue weighted by atomic mass is 32.1. The minimum atomic E-state index is -4.81. The molecule has 1 fully saturated rings. The van der Waals surface area contributed by atoms with Gasteiger partial charge in [-0.15, -0.1) is 24.5 Å². The molecular formula is C25H29F3N4O3S. The van der Waals surface area contributed by atoms with Crippen LogP contribution in [0.2, 0.25) is 0 Å². The molecule has 1 aromatic heterocycles. The van der Waals surface area contributed by atoms with Gasteiger partial charge in [0.05, 0.1) is 5.01 Å². The van der Waals surface area contributed by atoms with E-state index < -0.39 is 18.0 Å². The number of halogens is 3. The fraction of sp³-hybridized carbons (Fsp3) is 0.480. The number of thiazole rings is 1. The van der Waals surface area contributed by atoms with Crippen molar-refractivity contribution in [2.75, 3.05) is 25.0 Å². The maximum Gasteiger partial charge on any atom is 0.573 e. The third-order valence-electron chi connectivity index (χ3n) is 6.32. The number of alkyl halides is 3. The lowest BCUT2D eigenvalue weighted by Crippen LogP contribution is -2.44. The molecule has 1 saturated heterocycles. The normalized spacial score (nSPS) is 16.9. The van der Waals surface area contributed by atoms with Gasteiger partial charge in [-0.05, 0) is 57.1 Å². The molecule has 2 aliphatic rings. The van der Waals surface area contributed by atoms with Gasteiger partial charge in [0.15, 0.2) is 0 Å². The Balaban J connectivity index is 1.24. The van der Waals surface area contributed by atoms with Crippen LogP contribution in [0, 0.1) is 0 Å². The van der Waals surface area contributed by atoms with E-state index in [1.807, 2.05) is 4.90 Å². The number of benzene rings is 1. The molecule has 4 rings (SSSR count). The van der Waals surface area contributed by atoms with Crippen molar-refractivity contribution in [2.45, 2.75) is 57.2 Å². The predicted octanol–water partition coefficient (Wildman–Crippen LogP) is 6.07. The summed E-state index contributed by atoms with van der Waals surface area (Å²) in [7, 11) is 0. The Hall–Kier alpha value is -3.08. The first-order valence-corrected chi connectivity index (χ1v) is 13.0. The SMILES string of the molecule is O=C(Nc1cccc(OC(F)(F)F)c1)c1csc(C2CCN(C(=O)NCCC3=CCCCC3)CC2)n1. The summed E-state index contributed by atoms with van der Waals surface area (Å²) >= 11 is 1.37. The fourth-order valence-corrected chi connectivity index (χ4v) is 5.42. The maximum absolute atomic E-state index is 12.6. The second-order valence-corrected chi connectivity index (χ2v) is 9.84. The Morgan fingerprint density at radius 2 is 2.00 bits per heavy atom. The van der Waals surface area contributed by atoms with Crippen LogP contribution in [0.15, 0.2) is 41.3 Å². The average molecular weight is 523 g/mol. The lowest BCUT2D eigenvalue weighted by Gasteiger charge is -2.31. The molecule has 0 spiro atoms. The number of aromatic nitrogens is 1. The maximum atomic E-state index is 12.6. The second-order valence-electron chi connectivity index (χ2n) is 8.95. The molecule has 0 radical (unpaired) electrons. The number of carbonyl (C=O) groups excluding carboxylic acids is 2. The Morgan fingerprint density at radius 3 is 2.72 bits per heavy atom. The van der Waals surface area contributed by atoms with Gasteiger partial charge in [0, 0.05) is 42.7 Å². The number of anilines is 1. The van der Waals surface area contributed by atoms with Crippen molar-refractivity contribution >= 4 is 29.0 Å². The van der Waals surface area contributed by atoms with Crippen LogP contribution in [-0.4, -0.2) is 47.8 Å². The van der Waals surface area contributed by atoms with Crippen LogP contribution in [0.25, 0.3) is 0 Å². The van der Waals surface area contributed by atoms with Crippen LogP contribution in [0.1, 0.15) is 66.4 Å². The van der Waals surface area contributed by atoms with E-state index in [1.54, 1.807) is 5.38 Å². The molecule has 194 valence electrons. The number of allylic oxidation sites excluding steroid dienone is 1. The number of piperidine rings is 1. The standard InChI is InChI=1S/C25H29F3N4O3S/c26-25(27,28)35-20-8-4-7-19(15-20)30-22(33)21-16-36-23(31-21)18-10-13-32(14-11-18)24(34)29-12-9-17-5-2-1-3-6-17/h4-5,7-8,15-16,18H,1-3,6,9-14H2,(H,29,34)(H,30,33). The molecule has 1 aromatic carbocycles. The molecular weight excluding hydrogens is 493 g/mol. The van der Waals surface area contributed by atoms with Gasteiger partial charge in [-0.25, -0.2) is 9.78 Å². The van der Waals surface area contributed by atoms with Crippen molar-refractivity contribution in [2.24, 2.45) is 0 Å². The van der Waals surface area contributed by atoms with E-state index in [9.17, 15) is 22.8 Å². The van der Waals surface area contributed by atoms with Gasteiger partial charge in [0.1, 0.15) is 11.4 Å². The number of rotatable bonds is 7. The van der Waals surface area contributed by atoms with E-state index in [-0.39, 0.29) is 23.3 Å². The minimum Gasteiger partial charge on any atom is -0.406 e. The highest BCUT2D eigenvalue weighted by Gasteiger charge is 2.31. The summed E-state index contributed by atoms with van der Waals surface area (Å²) in [6, 6.07) is 5.05. The van der Waals surface area contributed by atoms with Crippen molar-refractivity contribution < 1.29 is 27.5 Å². The predicted molar refractivity (Wildman–Crippen MR) is 131 cm³/mol. The number of nitrogens with one attached hydrogen (secondary N) is 2. The first-order valence-electron chi connectivity index (χ1n) is 12.1. The third-order valence-corrected chi connectivity index (χ3v) is 7.33. The zero-order chi connectivity index (χ0) is 25.5. The molecule has 2 heterocycles. The third kappa shape index (κ3) is 7.46. The number of hydrogen-bond donors (Lipinski definition) is 2. The number of urea groups is 1. The van der Waals surface area contributed by atoms with E-state index in [0.717, 1.165) is 49.2 Å². The molecule has 0 bridgehead atoms. The largest absolute Gasteiger partial charge is 0.573 e. The van der Waals surface area contributed by atoms with E-state index in [4.69, 9.17) is 0 Å². The topological polar surface area (TPSA) is 83.6 Å². The van der Waals surface area contributed by atoms with Crippen molar-refractivity contribution in [1.82, 2.24) is 15.2 Å². The molecule has 2 aromatic rings. The van der Waals surface area contributed by atoms with Crippen LogP contribution < -0.4 is 15.4 Å². The Kier molecular flexibility index (Phi) is 8.50. The van der Waals surface area contributed by atoms with Crippen molar-refractivity contribution in [1.29, 1.82) is 0 Å². The number of ether oxygens (including phenoxy) is 1. The summed E-state index contributed by atoms with van der Waals surface area (Å²) in [6.07, 6.45) is 4.66. The highest BCUT2D eigenvalue weighted by molar-refractivity contribution is 7.10.